The summed E-state index contributed by atoms with van der Waals surface area (Å²) < 4.78 is 0. The number of rotatable bonds is 1. The third kappa shape index (κ3) is 1.91. The number of nitrogens with zero attached hydrogens (tertiary/aromatic N) is 1. The first kappa shape index (κ1) is 10.7. The largest absolute Gasteiger partial charge is 0.322 e. The Labute approximate surface area is 104 Å². The predicted octanol–water partition coefficient (Wildman–Crippen LogP) is 2.90. The molecule has 3 aromatic rings. The lowest BCUT2D eigenvalue weighted by Crippen LogP contribution is -2.02. The molecule has 88 valence electrons. The van der Waals surface area contributed by atoms with Gasteiger partial charge in [0.2, 0.25) is 5.56 Å². The van der Waals surface area contributed by atoms with Crippen LogP contribution < -0.4 is 5.56 Å². The van der Waals surface area contributed by atoms with Crippen LogP contribution >= 0.6 is 0 Å². The van der Waals surface area contributed by atoms with E-state index in [-0.39, 0.29) is 5.56 Å². The highest BCUT2D eigenvalue weighted by atomic mass is 16.1. The number of aryl methyl sites for hydroxylation is 1. The summed E-state index contributed by atoms with van der Waals surface area (Å²) in [6.45, 7) is 1.97. The zero-order valence-corrected chi connectivity index (χ0v) is 9.97. The molecule has 0 fully saturated rings. The second-order valence-electron chi connectivity index (χ2n) is 4.29. The lowest BCUT2D eigenvalue weighted by molar-refractivity contribution is 1.21. The van der Waals surface area contributed by atoms with Crippen LogP contribution in [-0.4, -0.2) is 9.97 Å². The minimum Gasteiger partial charge on any atom is -0.322 e. The van der Waals surface area contributed by atoms with Crippen LogP contribution in [0.1, 0.15) is 5.69 Å². The maximum Gasteiger partial charge on any atom is 0.248 e. The van der Waals surface area contributed by atoms with Gasteiger partial charge >= 0.3 is 0 Å². The average molecular weight is 236 g/mol. The molecule has 0 aliphatic carbocycles. The van der Waals surface area contributed by atoms with Crippen LogP contribution in [0.4, 0.5) is 0 Å². The van der Waals surface area contributed by atoms with E-state index in [4.69, 9.17) is 0 Å². The Kier molecular flexibility index (Phi) is 2.45. The van der Waals surface area contributed by atoms with E-state index in [1.165, 1.54) is 6.07 Å². The van der Waals surface area contributed by atoms with Gasteiger partial charge in [0.1, 0.15) is 0 Å². The molecule has 0 aliphatic rings. The fourth-order valence-electron chi connectivity index (χ4n) is 2.02. The standard InChI is InChI=1S/C15H12N2O/c1-10-3-2-4-13(16-10)11-5-7-14-12(9-11)6-8-15(18)17-14/h2-9H,1H3,(H,17,18). The molecule has 0 unspecified atom stereocenters. The Balaban J connectivity index is 2.19. The van der Waals surface area contributed by atoms with E-state index < -0.39 is 0 Å². The molecule has 3 rings (SSSR count). The number of benzene rings is 1. The van der Waals surface area contributed by atoms with Gasteiger partial charge in [0.25, 0.3) is 0 Å². The molecule has 0 bridgehead atoms. The third-order valence-corrected chi connectivity index (χ3v) is 2.91. The van der Waals surface area contributed by atoms with E-state index in [0.717, 1.165) is 27.9 Å². The minimum atomic E-state index is -0.0797. The molecular weight excluding hydrogens is 224 g/mol. The van der Waals surface area contributed by atoms with Gasteiger partial charge in [-0.3, -0.25) is 9.78 Å². The number of aromatic nitrogens is 2. The number of hydrogen-bond acceptors (Lipinski definition) is 2. The van der Waals surface area contributed by atoms with Crippen molar-refractivity contribution in [3.63, 3.8) is 0 Å². The molecule has 1 N–H and O–H groups in total. The Morgan fingerprint density at radius 1 is 1.06 bits per heavy atom. The van der Waals surface area contributed by atoms with Crippen LogP contribution in [0.3, 0.4) is 0 Å². The first-order valence-corrected chi connectivity index (χ1v) is 5.79. The number of nitrogens with one attached hydrogen (secondary N) is 1. The summed E-state index contributed by atoms with van der Waals surface area (Å²) in [5.74, 6) is 0. The first-order valence-electron chi connectivity index (χ1n) is 5.79. The molecule has 2 heterocycles. The zero-order valence-electron chi connectivity index (χ0n) is 9.97. The van der Waals surface area contributed by atoms with Crippen LogP contribution in [0.2, 0.25) is 0 Å². The van der Waals surface area contributed by atoms with Crippen molar-refractivity contribution < 1.29 is 0 Å². The lowest BCUT2D eigenvalue weighted by Gasteiger charge is -2.04. The SMILES string of the molecule is Cc1cccc(-c2ccc3[nH]c(=O)ccc3c2)n1. The van der Waals surface area contributed by atoms with Crippen molar-refractivity contribution in [1.29, 1.82) is 0 Å². The van der Waals surface area contributed by atoms with E-state index in [1.54, 1.807) is 0 Å². The van der Waals surface area contributed by atoms with Gasteiger partial charge in [-0.15, -0.1) is 0 Å². The predicted molar refractivity (Wildman–Crippen MR) is 72.5 cm³/mol. The number of hydrogen-bond donors (Lipinski definition) is 1. The fourth-order valence-corrected chi connectivity index (χ4v) is 2.02. The van der Waals surface area contributed by atoms with Gasteiger partial charge in [-0.25, -0.2) is 0 Å². The first-order chi connectivity index (χ1) is 8.72. The van der Waals surface area contributed by atoms with E-state index >= 15 is 0 Å². The molecule has 0 amide bonds. The Bertz CT molecular complexity index is 775. The van der Waals surface area contributed by atoms with Crippen molar-refractivity contribution in [3.8, 4) is 11.3 Å². The van der Waals surface area contributed by atoms with Crippen LogP contribution in [0.5, 0.6) is 0 Å². The summed E-state index contributed by atoms with van der Waals surface area (Å²) in [5.41, 5.74) is 3.76. The van der Waals surface area contributed by atoms with Gasteiger partial charge in [0, 0.05) is 22.8 Å². The summed E-state index contributed by atoms with van der Waals surface area (Å²) in [7, 11) is 0. The summed E-state index contributed by atoms with van der Waals surface area (Å²) in [5, 5.41) is 1.01. The zero-order chi connectivity index (χ0) is 12.5. The Hall–Kier alpha value is -2.42. The highest BCUT2D eigenvalue weighted by molar-refractivity contribution is 5.83. The number of H-pyrrole nitrogens is 1. The maximum absolute atomic E-state index is 11.2. The topological polar surface area (TPSA) is 45.8 Å². The van der Waals surface area contributed by atoms with Gasteiger partial charge in [0.15, 0.2) is 0 Å². The highest BCUT2D eigenvalue weighted by Gasteiger charge is 2.01. The average Bonchev–Trinajstić information content (AvgIpc) is 2.38. The second-order valence-corrected chi connectivity index (χ2v) is 4.29. The van der Waals surface area contributed by atoms with Crippen LogP contribution in [-0.2, 0) is 0 Å². The Morgan fingerprint density at radius 2 is 1.94 bits per heavy atom. The second kappa shape index (κ2) is 4.11. The summed E-state index contributed by atoms with van der Waals surface area (Å²) in [6, 6.07) is 15.2. The van der Waals surface area contributed by atoms with Gasteiger partial charge in [-0.2, -0.15) is 0 Å². The minimum absolute atomic E-state index is 0.0797. The molecular formula is C15H12N2O. The smallest absolute Gasteiger partial charge is 0.248 e. The van der Waals surface area contributed by atoms with Crippen molar-refractivity contribution in [1.82, 2.24) is 9.97 Å². The van der Waals surface area contributed by atoms with Crippen LogP contribution in [0, 0.1) is 6.92 Å². The van der Waals surface area contributed by atoms with E-state index in [9.17, 15) is 4.79 Å². The van der Waals surface area contributed by atoms with E-state index in [0.29, 0.717) is 0 Å². The van der Waals surface area contributed by atoms with Gasteiger partial charge in [-0.1, -0.05) is 12.1 Å². The molecule has 2 aromatic heterocycles. The number of fused-ring (bicyclic) bond motifs is 1. The number of pyridine rings is 2. The number of aromatic amines is 1. The quantitative estimate of drug-likeness (QED) is 0.706. The van der Waals surface area contributed by atoms with Crippen molar-refractivity contribution in [2.24, 2.45) is 0 Å². The molecule has 0 saturated carbocycles. The molecule has 0 radical (unpaired) electrons. The molecule has 0 aliphatic heterocycles. The van der Waals surface area contributed by atoms with Gasteiger partial charge in [0.05, 0.1) is 5.69 Å². The monoisotopic (exact) mass is 236 g/mol. The van der Waals surface area contributed by atoms with Crippen molar-refractivity contribution in [2.75, 3.05) is 0 Å². The van der Waals surface area contributed by atoms with Gasteiger partial charge in [-0.05, 0) is 42.6 Å². The highest BCUT2D eigenvalue weighted by Crippen LogP contribution is 2.21. The van der Waals surface area contributed by atoms with E-state index in [2.05, 4.69) is 9.97 Å². The van der Waals surface area contributed by atoms with E-state index in [1.807, 2.05) is 49.4 Å². The van der Waals surface area contributed by atoms with Crippen molar-refractivity contribution in [2.45, 2.75) is 6.92 Å². The lowest BCUT2D eigenvalue weighted by atomic mass is 10.1. The molecule has 1 aromatic carbocycles. The van der Waals surface area contributed by atoms with Crippen LogP contribution in [0.25, 0.3) is 22.2 Å². The molecule has 3 nitrogen and oxygen atoms in total. The molecule has 0 spiro atoms. The summed E-state index contributed by atoms with van der Waals surface area (Å²) in [4.78, 5) is 18.5. The molecule has 18 heavy (non-hydrogen) atoms. The Morgan fingerprint density at radius 3 is 2.78 bits per heavy atom. The molecule has 0 saturated heterocycles. The summed E-state index contributed by atoms with van der Waals surface area (Å²) in [6.07, 6.45) is 0. The normalized spacial score (nSPS) is 10.7. The molecule has 0 atom stereocenters. The molecule has 3 heteroatoms. The van der Waals surface area contributed by atoms with Crippen molar-refractivity contribution in [3.05, 3.63) is 64.6 Å². The third-order valence-electron chi connectivity index (χ3n) is 2.91. The van der Waals surface area contributed by atoms with Gasteiger partial charge < -0.3 is 4.98 Å². The van der Waals surface area contributed by atoms with Crippen molar-refractivity contribution >= 4 is 10.9 Å². The fraction of sp³-hybridized carbons (Fsp3) is 0.0667. The summed E-state index contributed by atoms with van der Waals surface area (Å²) >= 11 is 0. The maximum atomic E-state index is 11.2. The van der Waals surface area contributed by atoms with Crippen LogP contribution in [0.15, 0.2) is 53.3 Å².